The second-order valence-corrected chi connectivity index (χ2v) is 5.03. The van der Waals surface area contributed by atoms with Gasteiger partial charge in [-0.1, -0.05) is 13.3 Å². The number of hydrogen-bond donors (Lipinski definition) is 1. The van der Waals surface area contributed by atoms with Gasteiger partial charge >= 0.3 is 0 Å². The van der Waals surface area contributed by atoms with Crippen LogP contribution in [-0.2, 0) is 4.79 Å². The molecule has 4 heteroatoms. The topological polar surface area (TPSA) is 49.6 Å². The molecule has 0 aromatic heterocycles. The molecule has 0 spiro atoms. The Hall–Kier alpha value is -0.610. The van der Waals surface area contributed by atoms with E-state index < -0.39 is 0 Å². The van der Waals surface area contributed by atoms with Crippen LogP contribution in [0.25, 0.3) is 0 Å². The molecule has 16 heavy (non-hydrogen) atoms. The van der Waals surface area contributed by atoms with Gasteiger partial charge in [0.25, 0.3) is 0 Å². The summed E-state index contributed by atoms with van der Waals surface area (Å²) in [6, 6.07) is -0.311. The first-order chi connectivity index (χ1) is 7.54. The second-order valence-electron chi connectivity index (χ2n) is 5.03. The molecule has 2 N–H and O–H groups in total. The Morgan fingerprint density at radius 2 is 2.31 bits per heavy atom. The normalized spacial score (nSPS) is 23.4. The van der Waals surface area contributed by atoms with E-state index in [1.807, 2.05) is 11.9 Å². The van der Waals surface area contributed by atoms with Crippen LogP contribution in [-0.4, -0.2) is 55.5 Å². The first-order valence-electron chi connectivity index (χ1n) is 6.23. The predicted molar refractivity (Wildman–Crippen MR) is 66.1 cm³/mol. The first kappa shape index (κ1) is 13.5. The molecule has 0 saturated carbocycles. The summed E-state index contributed by atoms with van der Waals surface area (Å²) in [7, 11) is 4.00. The van der Waals surface area contributed by atoms with Crippen LogP contribution < -0.4 is 5.73 Å². The van der Waals surface area contributed by atoms with E-state index in [4.69, 9.17) is 5.73 Å². The highest BCUT2D eigenvalue weighted by atomic mass is 16.2. The molecule has 0 aromatic rings. The van der Waals surface area contributed by atoms with Gasteiger partial charge in [0.05, 0.1) is 6.04 Å². The fourth-order valence-corrected chi connectivity index (χ4v) is 2.37. The minimum atomic E-state index is -0.311. The van der Waals surface area contributed by atoms with Gasteiger partial charge in [-0.25, -0.2) is 0 Å². The molecule has 94 valence electrons. The van der Waals surface area contributed by atoms with Crippen LogP contribution in [0.15, 0.2) is 0 Å². The average molecular weight is 227 g/mol. The Balaban J connectivity index is 2.33. The van der Waals surface area contributed by atoms with Gasteiger partial charge in [-0.05, 0) is 32.4 Å². The maximum Gasteiger partial charge on any atom is 0.239 e. The lowest BCUT2D eigenvalue weighted by molar-refractivity contribution is -0.131. The minimum absolute atomic E-state index is 0.0939. The number of amides is 1. The first-order valence-corrected chi connectivity index (χ1v) is 6.23. The largest absolute Gasteiger partial charge is 0.344 e. The number of likely N-dealkylation sites (N-methyl/N-ethyl adjacent to an activating group) is 1. The van der Waals surface area contributed by atoms with Crippen molar-refractivity contribution >= 4 is 5.91 Å². The summed E-state index contributed by atoms with van der Waals surface area (Å²) >= 11 is 0. The van der Waals surface area contributed by atoms with Crippen molar-refractivity contribution in [2.24, 2.45) is 11.7 Å². The number of rotatable bonds is 5. The van der Waals surface area contributed by atoms with Gasteiger partial charge in [-0.15, -0.1) is 0 Å². The van der Waals surface area contributed by atoms with Crippen LogP contribution in [0, 0.1) is 5.92 Å². The molecule has 0 aromatic carbocycles. The van der Waals surface area contributed by atoms with Gasteiger partial charge in [-0.2, -0.15) is 0 Å². The second kappa shape index (κ2) is 6.21. The Morgan fingerprint density at radius 1 is 1.62 bits per heavy atom. The highest BCUT2D eigenvalue weighted by molar-refractivity contribution is 5.81. The van der Waals surface area contributed by atoms with Gasteiger partial charge in [0, 0.05) is 20.1 Å². The quantitative estimate of drug-likeness (QED) is 0.745. The molecular formula is C12H25N3O. The maximum atomic E-state index is 11.9. The molecule has 0 radical (unpaired) electrons. The molecular weight excluding hydrogens is 202 g/mol. The van der Waals surface area contributed by atoms with Crippen molar-refractivity contribution in [2.75, 3.05) is 33.7 Å². The molecule has 1 fully saturated rings. The molecule has 0 bridgehead atoms. The molecule has 1 amide bonds. The lowest BCUT2D eigenvalue weighted by atomic mass is 10.1. The van der Waals surface area contributed by atoms with E-state index in [9.17, 15) is 4.79 Å². The smallest absolute Gasteiger partial charge is 0.239 e. The van der Waals surface area contributed by atoms with E-state index in [0.717, 1.165) is 32.5 Å². The standard InChI is InChI=1S/C12H25N3O/c1-4-5-11(13)12(16)15(3)9-10-6-7-14(2)8-10/h10-11H,4-9,13H2,1-3H3/t10?,11-/m0/s1. The number of nitrogens with zero attached hydrogens (tertiary/aromatic N) is 2. The van der Waals surface area contributed by atoms with Crippen LogP contribution >= 0.6 is 0 Å². The van der Waals surface area contributed by atoms with Crippen molar-refractivity contribution < 1.29 is 4.79 Å². The van der Waals surface area contributed by atoms with Gasteiger partial charge < -0.3 is 15.5 Å². The fraction of sp³-hybridized carbons (Fsp3) is 0.917. The molecule has 1 aliphatic heterocycles. The summed E-state index contributed by atoms with van der Waals surface area (Å²) < 4.78 is 0. The molecule has 0 aliphatic carbocycles. The number of carbonyl (C=O) groups excluding carboxylic acids is 1. The van der Waals surface area contributed by atoms with Crippen LogP contribution in [0.2, 0.25) is 0 Å². The van der Waals surface area contributed by atoms with Crippen molar-refractivity contribution in [2.45, 2.75) is 32.2 Å². The predicted octanol–water partition coefficient (Wildman–Crippen LogP) is 0.524. The van der Waals surface area contributed by atoms with E-state index in [1.54, 1.807) is 0 Å². The summed E-state index contributed by atoms with van der Waals surface area (Å²) in [6.45, 7) is 5.15. The molecule has 1 aliphatic rings. The van der Waals surface area contributed by atoms with E-state index in [2.05, 4.69) is 18.9 Å². The third kappa shape index (κ3) is 3.76. The maximum absolute atomic E-state index is 11.9. The molecule has 4 nitrogen and oxygen atoms in total. The molecule has 1 saturated heterocycles. The summed E-state index contributed by atoms with van der Waals surface area (Å²) in [5, 5.41) is 0. The lowest BCUT2D eigenvalue weighted by Crippen LogP contribution is -2.43. The average Bonchev–Trinajstić information content (AvgIpc) is 2.63. The van der Waals surface area contributed by atoms with Gasteiger partial charge in [0.2, 0.25) is 5.91 Å². The highest BCUT2D eigenvalue weighted by Crippen LogP contribution is 2.15. The number of nitrogens with two attached hydrogens (primary N) is 1. The highest BCUT2D eigenvalue weighted by Gasteiger charge is 2.24. The van der Waals surface area contributed by atoms with Crippen molar-refractivity contribution in [1.82, 2.24) is 9.80 Å². The third-order valence-corrected chi connectivity index (χ3v) is 3.31. The van der Waals surface area contributed by atoms with Crippen LogP contribution in [0.4, 0.5) is 0 Å². The van der Waals surface area contributed by atoms with Crippen LogP contribution in [0.3, 0.4) is 0 Å². The molecule has 1 rings (SSSR count). The minimum Gasteiger partial charge on any atom is -0.344 e. The lowest BCUT2D eigenvalue weighted by Gasteiger charge is -2.24. The monoisotopic (exact) mass is 227 g/mol. The van der Waals surface area contributed by atoms with Crippen molar-refractivity contribution in [3.8, 4) is 0 Å². The van der Waals surface area contributed by atoms with Gasteiger partial charge in [0.1, 0.15) is 0 Å². The Labute approximate surface area is 98.8 Å². The van der Waals surface area contributed by atoms with Crippen molar-refractivity contribution in [3.63, 3.8) is 0 Å². The van der Waals surface area contributed by atoms with E-state index in [-0.39, 0.29) is 11.9 Å². The molecule has 1 heterocycles. The van der Waals surface area contributed by atoms with E-state index in [1.165, 1.54) is 6.42 Å². The summed E-state index contributed by atoms with van der Waals surface area (Å²) in [5.41, 5.74) is 5.83. The van der Waals surface area contributed by atoms with E-state index >= 15 is 0 Å². The van der Waals surface area contributed by atoms with Gasteiger partial charge in [0.15, 0.2) is 0 Å². The number of carbonyl (C=O) groups is 1. The molecule has 1 unspecified atom stereocenters. The Bertz CT molecular complexity index is 232. The zero-order valence-electron chi connectivity index (χ0n) is 10.8. The summed E-state index contributed by atoms with van der Waals surface area (Å²) in [4.78, 5) is 16.0. The van der Waals surface area contributed by atoms with E-state index in [0.29, 0.717) is 5.92 Å². The van der Waals surface area contributed by atoms with Crippen molar-refractivity contribution in [3.05, 3.63) is 0 Å². The number of hydrogen-bond acceptors (Lipinski definition) is 3. The number of likely N-dealkylation sites (tertiary alicyclic amines) is 1. The van der Waals surface area contributed by atoms with Gasteiger partial charge in [-0.3, -0.25) is 4.79 Å². The Morgan fingerprint density at radius 3 is 2.81 bits per heavy atom. The van der Waals surface area contributed by atoms with Crippen LogP contribution in [0.5, 0.6) is 0 Å². The third-order valence-electron chi connectivity index (χ3n) is 3.31. The summed E-state index contributed by atoms with van der Waals surface area (Å²) in [5.74, 6) is 0.712. The Kier molecular flexibility index (Phi) is 5.22. The van der Waals surface area contributed by atoms with Crippen LogP contribution in [0.1, 0.15) is 26.2 Å². The zero-order chi connectivity index (χ0) is 12.1. The summed E-state index contributed by atoms with van der Waals surface area (Å²) in [6.07, 6.45) is 2.94. The zero-order valence-corrected chi connectivity index (χ0v) is 10.8. The van der Waals surface area contributed by atoms with Crippen molar-refractivity contribution in [1.29, 1.82) is 0 Å². The SMILES string of the molecule is CCC[C@H](N)C(=O)N(C)CC1CCN(C)C1. The molecule has 2 atom stereocenters. The fourth-order valence-electron chi connectivity index (χ4n) is 2.37.